The largest absolute Gasteiger partial charge is 0.295 e. The van der Waals surface area contributed by atoms with Crippen molar-refractivity contribution in [3.63, 3.8) is 0 Å². The standard InChI is InChI=1S/C14H22O/c1-5-6-10-13(14(10,3)4)12-9(2)7-8-11(12)15/h10,13H,5-8H2,1-4H3. The Labute approximate surface area is 92.9 Å². The molecular weight excluding hydrogens is 184 g/mol. The van der Waals surface area contributed by atoms with Crippen LogP contribution in [0.25, 0.3) is 0 Å². The lowest BCUT2D eigenvalue weighted by Gasteiger charge is -2.04. The predicted octanol–water partition coefficient (Wildman–Crippen LogP) is 3.74. The van der Waals surface area contributed by atoms with Crippen molar-refractivity contribution >= 4 is 5.78 Å². The van der Waals surface area contributed by atoms with Gasteiger partial charge in [0.2, 0.25) is 0 Å². The molecule has 2 aliphatic carbocycles. The van der Waals surface area contributed by atoms with Gasteiger partial charge in [-0.15, -0.1) is 0 Å². The molecular formula is C14H22O. The highest BCUT2D eigenvalue weighted by molar-refractivity contribution is 5.99. The van der Waals surface area contributed by atoms with Gasteiger partial charge in [0.25, 0.3) is 0 Å². The molecule has 0 aromatic rings. The SMILES string of the molecule is CCCC1C(C2=C(C)CCC2=O)C1(C)C. The Morgan fingerprint density at radius 2 is 2.00 bits per heavy atom. The van der Waals surface area contributed by atoms with Crippen molar-refractivity contribution in [2.75, 3.05) is 0 Å². The average molecular weight is 206 g/mol. The molecule has 2 rings (SSSR count). The first-order valence-corrected chi connectivity index (χ1v) is 6.23. The first-order valence-electron chi connectivity index (χ1n) is 6.23. The van der Waals surface area contributed by atoms with Crippen molar-refractivity contribution in [3.05, 3.63) is 11.1 Å². The summed E-state index contributed by atoms with van der Waals surface area (Å²) in [6, 6.07) is 0. The fourth-order valence-corrected chi connectivity index (χ4v) is 3.41. The number of carbonyl (C=O) groups excluding carboxylic acids is 1. The van der Waals surface area contributed by atoms with Gasteiger partial charge in [-0.25, -0.2) is 0 Å². The van der Waals surface area contributed by atoms with Crippen LogP contribution in [-0.4, -0.2) is 5.78 Å². The molecule has 1 heteroatoms. The molecule has 0 bridgehead atoms. The van der Waals surface area contributed by atoms with Crippen LogP contribution in [0.5, 0.6) is 0 Å². The lowest BCUT2D eigenvalue weighted by molar-refractivity contribution is -0.115. The van der Waals surface area contributed by atoms with Crippen molar-refractivity contribution in [2.24, 2.45) is 17.3 Å². The van der Waals surface area contributed by atoms with Gasteiger partial charge in [0.15, 0.2) is 5.78 Å². The molecule has 0 N–H and O–H groups in total. The average Bonchev–Trinajstić information content (AvgIpc) is 2.51. The summed E-state index contributed by atoms with van der Waals surface area (Å²) in [6.45, 7) is 9.04. The van der Waals surface area contributed by atoms with Gasteiger partial charge in [0, 0.05) is 6.42 Å². The van der Waals surface area contributed by atoms with E-state index < -0.39 is 0 Å². The van der Waals surface area contributed by atoms with E-state index in [1.807, 2.05) is 0 Å². The molecule has 84 valence electrons. The first-order chi connectivity index (χ1) is 7.00. The van der Waals surface area contributed by atoms with Gasteiger partial charge in [-0.3, -0.25) is 4.79 Å². The zero-order valence-electron chi connectivity index (χ0n) is 10.4. The van der Waals surface area contributed by atoms with Crippen molar-refractivity contribution in [1.29, 1.82) is 0 Å². The molecule has 2 atom stereocenters. The minimum atomic E-state index is 0.382. The molecule has 0 amide bonds. The normalized spacial score (nSPS) is 33.7. The van der Waals surface area contributed by atoms with Gasteiger partial charge in [0.05, 0.1) is 0 Å². The van der Waals surface area contributed by atoms with Crippen molar-refractivity contribution in [2.45, 2.75) is 53.4 Å². The fraction of sp³-hybridized carbons (Fsp3) is 0.786. The molecule has 0 aromatic heterocycles. The van der Waals surface area contributed by atoms with Gasteiger partial charge in [-0.1, -0.05) is 32.8 Å². The van der Waals surface area contributed by atoms with Crippen LogP contribution in [0.4, 0.5) is 0 Å². The number of allylic oxidation sites excluding steroid dienone is 2. The van der Waals surface area contributed by atoms with Crippen molar-refractivity contribution in [1.82, 2.24) is 0 Å². The molecule has 1 fully saturated rings. The zero-order chi connectivity index (χ0) is 11.2. The summed E-state index contributed by atoms with van der Waals surface area (Å²) >= 11 is 0. The van der Waals surface area contributed by atoms with E-state index >= 15 is 0 Å². The third-order valence-electron chi connectivity index (χ3n) is 4.45. The molecule has 1 nitrogen and oxygen atoms in total. The van der Waals surface area contributed by atoms with Crippen LogP contribution >= 0.6 is 0 Å². The summed E-state index contributed by atoms with van der Waals surface area (Å²) in [5.74, 6) is 1.77. The summed E-state index contributed by atoms with van der Waals surface area (Å²) in [7, 11) is 0. The van der Waals surface area contributed by atoms with E-state index in [-0.39, 0.29) is 0 Å². The van der Waals surface area contributed by atoms with Crippen LogP contribution in [0.3, 0.4) is 0 Å². The molecule has 15 heavy (non-hydrogen) atoms. The van der Waals surface area contributed by atoms with Crippen molar-refractivity contribution < 1.29 is 4.79 Å². The number of Topliss-reactive ketones (excluding diaryl/α,β-unsaturated/α-hetero) is 1. The predicted molar refractivity (Wildman–Crippen MR) is 62.6 cm³/mol. The lowest BCUT2D eigenvalue weighted by Crippen LogP contribution is -2.02. The lowest BCUT2D eigenvalue weighted by atomic mass is 10.00. The minimum Gasteiger partial charge on any atom is -0.295 e. The molecule has 0 saturated heterocycles. The highest BCUT2D eigenvalue weighted by Gasteiger charge is 2.59. The summed E-state index contributed by atoms with van der Waals surface area (Å²) < 4.78 is 0. The van der Waals surface area contributed by atoms with Crippen LogP contribution < -0.4 is 0 Å². The second-order valence-electron chi connectivity index (χ2n) is 5.81. The number of ketones is 1. The van der Waals surface area contributed by atoms with E-state index in [9.17, 15) is 4.79 Å². The number of hydrogen-bond donors (Lipinski definition) is 0. The topological polar surface area (TPSA) is 17.1 Å². The number of rotatable bonds is 3. The van der Waals surface area contributed by atoms with E-state index in [0.29, 0.717) is 17.1 Å². The van der Waals surface area contributed by atoms with E-state index in [1.165, 1.54) is 24.0 Å². The summed E-state index contributed by atoms with van der Waals surface area (Å²) in [5, 5.41) is 0. The zero-order valence-corrected chi connectivity index (χ0v) is 10.4. The molecule has 0 aliphatic heterocycles. The van der Waals surface area contributed by atoms with Crippen LogP contribution in [0.2, 0.25) is 0 Å². The quantitative estimate of drug-likeness (QED) is 0.687. The Kier molecular flexibility index (Phi) is 2.52. The summed E-state index contributed by atoms with van der Waals surface area (Å²) in [4.78, 5) is 11.8. The van der Waals surface area contributed by atoms with E-state index in [0.717, 1.165) is 18.8 Å². The van der Waals surface area contributed by atoms with E-state index in [1.54, 1.807) is 0 Å². The highest BCUT2D eigenvalue weighted by Crippen LogP contribution is 2.65. The first kappa shape index (κ1) is 10.9. The molecule has 0 aromatic carbocycles. The number of hydrogen-bond acceptors (Lipinski definition) is 1. The van der Waals surface area contributed by atoms with Crippen LogP contribution in [0, 0.1) is 17.3 Å². The van der Waals surface area contributed by atoms with Gasteiger partial charge in [-0.05, 0) is 42.6 Å². The maximum atomic E-state index is 11.8. The van der Waals surface area contributed by atoms with Crippen LogP contribution in [0.1, 0.15) is 53.4 Å². The maximum absolute atomic E-state index is 11.8. The molecule has 1 saturated carbocycles. The smallest absolute Gasteiger partial charge is 0.159 e. The van der Waals surface area contributed by atoms with Gasteiger partial charge in [0.1, 0.15) is 0 Å². The molecule has 2 unspecified atom stereocenters. The Balaban J connectivity index is 2.20. The van der Waals surface area contributed by atoms with E-state index in [2.05, 4.69) is 27.7 Å². The molecule has 2 aliphatic rings. The third-order valence-corrected chi connectivity index (χ3v) is 4.45. The third kappa shape index (κ3) is 1.56. The van der Waals surface area contributed by atoms with Crippen LogP contribution in [-0.2, 0) is 4.79 Å². The van der Waals surface area contributed by atoms with Gasteiger partial charge in [-0.2, -0.15) is 0 Å². The molecule has 0 radical (unpaired) electrons. The Morgan fingerprint density at radius 3 is 2.47 bits per heavy atom. The highest BCUT2D eigenvalue weighted by atomic mass is 16.1. The Bertz CT molecular complexity index is 322. The molecule has 0 heterocycles. The maximum Gasteiger partial charge on any atom is 0.159 e. The Hall–Kier alpha value is -0.590. The minimum absolute atomic E-state index is 0.382. The fourth-order valence-electron chi connectivity index (χ4n) is 3.41. The van der Waals surface area contributed by atoms with E-state index in [4.69, 9.17) is 0 Å². The van der Waals surface area contributed by atoms with Crippen LogP contribution in [0.15, 0.2) is 11.1 Å². The Morgan fingerprint density at radius 1 is 1.33 bits per heavy atom. The monoisotopic (exact) mass is 206 g/mol. The number of carbonyl (C=O) groups is 1. The second-order valence-corrected chi connectivity index (χ2v) is 5.81. The molecule has 0 spiro atoms. The summed E-state index contributed by atoms with van der Waals surface area (Å²) in [5.41, 5.74) is 2.96. The summed E-state index contributed by atoms with van der Waals surface area (Å²) in [6.07, 6.45) is 4.30. The van der Waals surface area contributed by atoms with Gasteiger partial charge >= 0.3 is 0 Å². The van der Waals surface area contributed by atoms with Gasteiger partial charge < -0.3 is 0 Å². The second kappa shape index (κ2) is 3.47. The van der Waals surface area contributed by atoms with Crippen molar-refractivity contribution in [3.8, 4) is 0 Å².